The van der Waals surface area contributed by atoms with Gasteiger partial charge in [-0.25, -0.2) is 0 Å². The summed E-state index contributed by atoms with van der Waals surface area (Å²) in [5.74, 6) is 1.61. The average Bonchev–Trinajstić information content (AvgIpc) is 3.28. The molecule has 0 spiro atoms. The number of amides is 1. The smallest absolute Gasteiger partial charge is 0.266 e. The van der Waals surface area contributed by atoms with Gasteiger partial charge in [0, 0.05) is 21.9 Å². The van der Waals surface area contributed by atoms with Crippen molar-refractivity contribution in [2.75, 3.05) is 11.5 Å². The Balaban J connectivity index is 1.54. The van der Waals surface area contributed by atoms with E-state index in [4.69, 9.17) is 16.6 Å². The lowest BCUT2D eigenvalue weighted by Gasteiger charge is -2.28. The van der Waals surface area contributed by atoms with Crippen molar-refractivity contribution < 1.29 is 18.3 Å². The number of hydrogen-bond acceptors (Lipinski definition) is 6. The summed E-state index contributed by atoms with van der Waals surface area (Å²) in [4.78, 5) is 14.8. The summed E-state index contributed by atoms with van der Waals surface area (Å²) in [5, 5.41) is 0. The fourth-order valence-electron chi connectivity index (χ4n) is 3.13. The van der Waals surface area contributed by atoms with Gasteiger partial charge in [0.1, 0.15) is 15.8 Å². The lowest BCUT2D eigenvalue weighted by atomic mass is 10.2. The van der Waals surface area contributed by atoms with Crippen LogP contribution in [0.1, 0.15) is 12.2 Å². The Labute approximate surface area is 176 Å². The fraction of sp³-hybridized carbons (Fsp3) is 0.222. The number of rotatable bonds is 3. The minimum Gasteiger partial charge on any atom is -0.457 e. The number of thioether (sulfide) groups is 1. The molecule has 27 heavy (non-hydrogen) atoms. The van der Waals surface area contributed by atoms with Gasteiger partial charge in [-0.15, -0.1) is 0 Å². The molecule has 0 radical (unpaired) electrons. The lowest BCUT2D eigenvalue weighted by molar-refractivity contribution is -0.123. The predicted molar refractivity (Wildman–Crippen MR) is 118 cm³/mol. The lowest BCUT2D eigenvalue weighted by Crippen LogP contribution is -2.39. The van der Waals surface area contributed by atoms with Gasteiger partial charge in [-0.3, -0.25) is 18.8 Å². The fourth-order valence-corrected chi connectivity index (χ4v) is 6.52. The van der Waals surface area contributed by atoms with Gasteiger partial charge in [-0.2, -0.15) is 10.6 Å². The molecule has 3 heterocycles. The largest absolute Gasteiger partial charge is 0.457 e. The van der Waals surface area contributed by atoms with E-state index in [1.165, 1.54) is 16.7 Å². The molecule has 4 rings (SSSR count). The highest BCUT2D eigenvalue weighted by Gasteiger charge is 2.42. The van der Waals surface area contributed by atoms with Crippen LogP contribution in [0.3, 0.4) is 0 Å². The van der Waals surface area contributed by atoms with Crippen molar-refractivity contribution in [3.05, 3.63) is 51.5 Å². The molecule has 1 amide bonds. The molecule has 1 aromatic carbocycles. The second-order valence-corrected chi connectivity index (χ2v) is 11.3. The molecule has 5 nitrogen and oxygen atoms in total. The van der Waals surface area contributed by atoms with E-state index in [0.29, 0.717) is 32.9 Å². The molecule has 0 saturated carbocycles. The van der Waals surface area contributed by atoms with E-state index in [-0.39, 0.29) is 17.7 Å². The van der Waals surface area contributed by atoms with Gasteiger partial charge in [-0.1, -0.05) is 52.0 Å². The molecule has 2 fully saturated rings. The molecule has 2 N–H and O–H groups in total. The zero-order chi connectivity index (χ0) is 19.2. The van der Waals surface area contributed by atoms with Gasteiger partial charge < -0.3 is 4.42 Å². The van der Waals surface area contributed by atoms with Crippen LogP contribution < -0.4 is 0 Å². The highest BCUT2D eigenvalue weighted by Crippen LogP contribution is 2.49. The van der Waals surface area contributed by atoms with Crippen LogP contribution in [-0.2, 0) is 4.79 Å². The molecule has 0 bridgehead atoms. The van der Waals surface area contributed by atoms with Crippen LogP contribution in [0.25, 0.3) is 17.4 Å². The second-order valence-electron chi connectivity index (χ2n) is 6.38. The first-order valence-corrected chi connectivity index (χ1v) is 12.1. The number of thiocarbonyl (C=S) groups is 1. The van der Waals surface area contributed by atoms with Crippen LogP contribution in [0, 0.1) is 0 Å². The monoisotopic (exact) mass is 485 g/mol. The summed E-state index contributed by atoms with van der Waals surface area (Å²) in [6, 6.07) is 11.2. The SMILES string of the molecule is O=C1/C(=C\c2ccc(-c3ccc(Br)cc3)o2)SC(=S)N1C1CCS(O)(O)C1. The van der Waals surface area contributed by atoms with Gasteiger partial charge in [0.15, 0.2) is 0 Å². The van der Waals surface area contributed by atoms with E-state index >= 15 is 0 Å². The van der Waals surface area contributed by atoms with E-state index in [1.807, 2.05) is 36.4 Å². The Kier molecular flexibility index (Phi) is 5.26. The number of benzene rings is 1. The molecule has 9 heteroatoms. The van der Waals surface area contributed by atoms with E-state index in [1.54, 1.807) is 6.08 Å². The van der Waals surface area contributed by atoms with Crippen molar-refractivity contribution in [3.8, 4) is 11.3 Å². The minimum atomic E-state index is -2.59. The molecule has 1 atom stereocenters. The first-order chi connectivity index (χ1) is 12.8. The molecule has 1 unspecified atom stereocenters. The third-order valence-electron chi connectivity index (χ3n) is 4.45. The summed E-state index contributed by atoms with van der Waals surface area (Å²) in [6.07, 6.45) is 2.24. The van der Waals surface area contributed by atoms with Crippen LogP contribution in [0.4, 0.5) is 0 Å². The summed E-state index contributed by atoms with van der Waals surface area (Å²) in [7, 11) is -2.59. The van der Waals surface area contributed by atoms with Crippen LogP contribution in [0.15, 0.2) is 50.2 Å². The first-order valence-electron chi connectivity index (χ1n) is 8.19. The molecule has 2 aromatic rings. The number of furan rings is 1. The molecule has 2 saturated heterocycles. The third kappa shape index (κ3) is 4.03. The third-order valence-corrected chi connectivity index (χ3v) is 8.12. The quantitative estimate of drug-likeness (QED) is 0.445. The summed E-state index contributed by atoms with van der Waals surface area (Å²) >= 11 is 9.98. The number of nitrogens with zero attached hydrogens (tertiary/aromatic N) is 1. The number of hydrogen-bond donors (Lipinski definition) is 2. The van der Waals surface area contributed by atoms with E-state index < -0.39 is 10.6 Å². The van der Waals surface area contributed by atoms with Crippen molar-refractivity contribution >= 4 is 66.8 Å². The van der Waals surface area contributed by atoms with E-state index in [9.17, 15) is 13.9 Å². The second kappa shape index (κ2) is 7.38. The summed E-state index contributed by atoms with van der Waals surface area (Å²) in [5.41, 5.74) is 0.946. The Morgan fingerprint density at radius 2 is 2.00 bits per heavy atom. The van der Waals surface area contributed by atoms with Crippen molar-refractivity contribution in [1.82, 2.24) is 4.90 Å². The number of carbonyl (C=O) groups excluding carboxylic acids is 1. The van der Waals surface area contributed by atoms with Crippen LogP contribution >= 0.6 is 50.5 Å². The Morgan fingerprint density at radius 1 is 1.26 bits per heavy atom. The van der Waals surface area contributed by atoms with Gasteiger partial charge in [0.25, 0.3) is 5.91 Å². The Bertz CT molecular complexity index is 938. The van der Waals surface area contributed by atoms with E-state index in [0.717, 1.165) is 10.0 Å². The van der Waals surface area contributed by atoms with Gasteiger partial charge in [-0.05, 0) is 30.7 Å². The topological polar surface area (TPSA) is 73.9 Å². The maximum Gasteiger partial charge on any atom is 0.266 e. The van der Waals surface area contributed by atoms with Crippen LogP contribution in [0.2, 0.25) is 0 Å². The van der Waals surface area contributed by atoms with Crippen molar-refractivity contribution in [2.45, 2.75) is 12.5 Å². The first kappa shape index (κ1) is 19.2. The molecular weight excluding hydrogens is 470 g/mol. The maximum absolute atomic E-state index is 12.8. The predicted octanol–water partition coefficient (Wildman–Crippen LogP) is 5.43. The highest BCUT2D eigenvalue weighted by atomic mass is 79.9. The van der Waals surface area contributed by atoms with Crippen molar-refractivity contribution in [3.63, 3.8) is 0 Å². The van der Waals surface area contributed by atoms with Crippen molar-refractivity contribution in [2.24, 2.45) is 0 Å². The average molecular weight is 486 g/mol. The summed E-state index contributed by atoms with van der Waals surface area (Å²) < 4.78 is 27.0. The highest BCUT2D eigenvalue weighted by molar-refractivity contribution is 9.10. The minimum absolute atomic E-state index is 0.196. The Morgan fingerprint density at radius 3 is 2.67 bits per heavy atom. The molecule has 1 aromatic heterocycles. The molecule has 0 aliphatic carbocycles. The zero-order valence-corrected chi connectivity index (χ0v) is 18.0. The van der Waals surface area contributed by atoms with Crippen molar-refractivity contribution in [1.29, 1.82) is 0 Å². The normalized spacial score (nSPS) is 24.8. The number of carbonyl (C=O) groups is 1. The van der Waals surface area contributed by atoms with Gasteiger partial charge >= 0.3 is 0 Å². The Hall–Kier alpha value is -1.10. The van der Waals surface area contributed by atoms with Gasteiger partial charge in [0.05, 0.1) is 16.7 Å². The number of halogens is 1. The van der Waals surface area contributed by atoms with Crippen LogP contribution in [0.5, 0.6) is 0 Å². The maximum atomic E-state index is 12.8. The molecule has 2 aliphatic heterocycles. The zero-order valence-electron chi connectivity index (χ0n) is 14.0. The molecule has 142 valence electrons. The standard InChI is InChI=1S/C18H16BrNO4S3/c19-12-3-1-11(2-4-12)15-6-5-14(24-15)9-16-17(21)20(18(25)26-16)13-7-8-27(22,23)10-13/h1-6,9,13,22-23H,7-8,10H2/b16-9+. The van der Waals surface area contributed by atoms with Gasteiger partial charge in [0.2, 0.25) is 0 Å². The van der Waals surface area contributed by atoms with E-state index in [2.05, 4.69) is 15.9 Å². The summed E-state index contributed by atoms with van der Waals surface area (Å²) in [6.45, 7) is 0. The molecule has 2 aliphatic rings. The van der Waals surface area contributed by atoms with Crippen LogP contribution in [-0.4, -0.2) is 41.8 Å². The molecular formula is C18H16BrNO4S3.